The van der Waals surface area contributed by atoms with Crippen LogP contribution in [-0.4, -0.2) is 49.7 Å². The first-order chi connectivity index (χ1) is 10.3. The van der Waals surface area contributed by atoms with Gasteiger partial charge in [0.2, 0.25) is 15.9 Å². The molecule has 0 spiro atoms. The van der Waals surface area contributed by atoms with E-state index in [1.165, 1.54) is 16.4 Å². The molecule has 1 amide bonds. The van der Waals surface area contributed by atoms with E-state index in [4.69, 9.17) is 0 Å². The van der Waals surface area contributed by atoms with Crippen LogP contribution in [-0.2, 0) is 14.8 Å². The monoisotopic (exact) mass is 328 g/mol. The summed E-state index contributed by atoms with van der Waals surface area (Å²) < 4.78 is 39.4. The number of carbonyl (C=O) groups excluding carboxylic acids is 1. The lowest BCUT2D eigenvalue weighted by molar-refractivity contribution is -0.134. The summed E-state index contributed by atoms with van der Waals surface area (Å²) in [5.41, 5.74) is 0. The number of carbonyl (C=O) groups is 1. The molecule has 5 nitrogen and oxygen atoms in total. The van der Waals surface area contributed by atoms with Crippen LogP contribution in [0.15, 0.2) is 29.2 Å². The second-order valence-corrected chi connectivity index (χ2v) is 7.63. The summed E-state index contributed by atoms with van der Waals surface area (Å²) in [6.45, 7) is 5.24. The topological polar surface area (TPSA) is 57.7 Å². The Bertz CT molecular complexity index is 629. The van der Waals surface area contributed by atoms with Crippen LogP contribution in [0.5, 0.6) is 0 Å². The molecular formula is C15H21FN2O3S. The second-order valence-electron chi connectivity index (χ2n) is 5.69. The molecule has 1 aromatic carbocycles. The third-order valence-electron chi connectivity index (χ3n) is 3.71. The van der Waals surface area contributed by atoms with Crippen LogP contribution in [0.3, 0.4) is 0 Å². The Labute approximate surface area is 130 Å². The molecule has 122 valence electrons. The van der Waals surface area contributed by atoms with Gasteiger partial charge in [-0.1, -0.05) is 13.8 Å². The molecule has 1 aliphatic heterocycles. The Balaban J connectivity index is 2.13. The summed E-state index contributed by atoms with van der Waals surface area (Å²) in [4.78, 5) is 13.8. The zero-order valence-corrected chi connectivity index (χ0v) is 13.6. The van der Waals surface area contributed by atoms with E-state index in [0.29, 0.717) is 26.1 Å². The molecule has 1 fully saturated rings. The highest BCUT2D eigenvalue weighted by Crippen LogP contribution is 2.18. The molecule has 0 aliphatic carbocycles. The SMILES string of the molecule is CC(C)C(=O)N1CCCN(S(=O)(=O)c2ccc(F)cc2)CC1. The molecule has 0 atom stereocenters. The van der Waals surface area contributed by atoms with Gasteiger partial charge in [0.25, 0.3) is 0 Å². The fraction of sp³-hybridized carbons (Fsp3) is 0.533. The maximum Gasteiger partial charge on any atom is 0.243 e. The van der Waals surface area contributed by atoms with Crippen LogP contribution in [0.4, 0.5) is 4.39 Å². The average molecular weight is 328 g/mol. The van der Waals surface area contributed by atoms with Crippen LogP contribution in [0.25, 0.3) is 0 Å². The van der Waals surface area contributed by atoms with E-state index in [0.717, 1.165) is 12.1 Å². The third-order valence-corrected chi connectivity index (χ3v) is 5.62. The van der Waals surface area contributed by atoms with Crippen molar-refractivity contribution in [3.63, 3.8) is 0 Å². The normalized spacial score (nSPS) is 17.5. The number of amides is 1. The summed E-state index contributed by atoms with van der Waals surface area (Å²) in [7, 11) is -3.64. The summed E-state index contributed by atoms with van der Waals surface area (Å²) in [6, 6.07) is 4.82. The molecule has 1 saturated heterocycles. The lowest BCUT2D eigenvalue weighted by Crippen LogP contribution is -2.38. The quantitative estimate of drug-likeness (QED) is 0.849. The van der Waals surface area contributed by atoms with Gasteiger partial charge in [-0.05, 0) is 30.7 Å². The first-order valence-electron chi connectivity index (χ1n) is 7.37. The zero-order valence-electron chi connectivity index (χ0n) is 12.8. The van der Waals surface area contributed by atoms with Gasteiger partial charge in [-0.2, -0.15) is 4.31 Å². The number of benzene rings is 1. The summed E-state index contributed by atoms with van der Waals surface area (Å²) >= 11 is 0. The van der Waals surface area contributed by atoms with Gasteiger partial charge >= 0.3 is 0 Å². The highest BCUT2D eigenvalue weighted by molar-refractivity contribution is 7.89. The smallest absolute Gasteiger partial charge is 0.243 e. The second kappa shape index (κ2) is 6.75. The highest BCUT2D eigenvalue weighted by atomic mass is 32.2. The predicted molar refractivity (Wildman–Crippen MR) is 81.2 cm³/mol. The van der Waals surface area contributed by atoms with E-state index >= 15 is 0 Å². The van der Waals surface area contributed by atoms with Gasteiger partial charge in [0, 0.05) is 32.1 Å². The van der Waals surface area contributed by atoms with Crippen molar-refractivity contribution in [2.45, 2.75) is 25.2 Å². The van der Waals surface area contributed by atoms with Crippen molar-refractivity contribution in [1.29, 1.82) is 0 Å². The Morgan fingerprint density at radius 2 is 1.73 bits per heavy atom. The number of hydrogen-bond donors (Lipinski definition) is 0. The van der Waals surface area contributed by atoms with E-state index in [1.807, 2.05) is 13.8 Å². The number of halogens is 1. The van der Waals surface area contributed by atoms with Crippen molar-refractivity contribution in [3.8, 4) is 0 Å². The number of rotatable bonds is 3. The molecule has 0 N–H and O–H groups in total. The van der Waals surface area contributed by atoms with E-state index in [-0.39, 0.29) is 23.3 Å². The molecule has 22 heavy (non-hydrogen) atoms. The van der Waals surface area contributed by atoms with Gasteiger partial charge < -0.3 is 4.90 Å². The van der Waals surface area contributed by atoms with Crippen molar-refractivity contribution < 1.29 is 17.6 Å². The fourth-order valence-electron chi connectivity index (χ4n) is 2.48. The lowest BCUT2D eigenvalue weighted by atomic mass is 10.2. The van der Waals surface area contributed by atoms with Crippen molar-refractivity contribution in [3.05, 3.63) is 30.1 Å². The van der Waals surface area contributed by atoms with E-state index in [1.54, 1.807) is 4.90 Å². The average Bonchev–Trinajstić information content (AvgIpc) is 2.73. The molecular weight excluding hydrogens is 307 g/mol. The lowest BCUT2D eigenvalue weighted by Gasteiger charge is -2.23. The van der Waals surface area contributed by atoms with Crippen molar-refractivity contribution >= 4 is 15.9 Å². The molecule has 1 aliphatic rings. The van der Waals surface area contributed by atoms with Gasteiger partial charge in [-0.25, -0.2) is 12.8 Å². The summed E-state index contributed by atoms with van der Waals surface area (Å²) in [5, 5.41) is 0. The maximum absolute atomic E-state index is 12.9. The van der Waals surface area contributed by atoms with Crippen LogP contribution in [0.1, 0.15) is 20.3 Å². The molecule has 7 heteroatoms. The zero-order chi connectivity index (χ0) is 16.3. The Kier molecular flexibility index (Phi) is 5.18. The number of sulfonamides is 1. The minimum absolute atomic E-state index is 0.0426. The van der Waals surface area contributed by atoms with Crippen LogP contribution < -0.4 is 0 Å². The Morgan fingerprint density at radius 3 is 2.32 bits per heavy atom. The number of nitrogens with zero attached hydrogens (tertiary/aromatic N) is 2. The van der Waals surface area contributed by atoms with Gasteiger partial charge in [0.15, 0.2) is 0 Å². The van der Waals surface area contributed by atoms with Crippen molar-refractivity contribution in [1.82, 2.24) is 9.21 Å². The predicted octanol–water partition coefficient (Wildman–Crippen LogP) is 1.70. The highest BCUT2D eigenvalue weighted by Gasteiger charge is 2.28. The molecule has 1 heterocycles. The van der Waals surface area contributed by atoms with Gasteiger partial charge in [-0.3, -0.25) is 4.79 Å². The molecule has 0 saturated carbocycles. The Hall–Kier alpha value is -1.47. The minimum Gasteiger partial charge on any atom is -0.341 e. The van der Waals surface area contributed by atoms with Crippen LogP contribution in [0.2, 0.25) is 0 Å². The Morgan fingerprint density at radius 1 is 1.09 bits per heavy atom. The standard InChI is InChI=1S/C15H21FN2O3S/c1-12(2)15(19)17-8-3-9-18(11-10-17)22(20,21)14-6-4-13(16)5-7-14/h4-7,12H,3,8-11H2,1-2H3. The van der Waals surface area contributed by atoms with E-state index in [9.17, 15) is 17.6 Å². The van der Waals surface area contributed by atoms with Gasteiger partial charge in [-0.15, -0.1) is 0 Å². The minimum atomic E-state index is -3.64. The molecule has 0 unspecified atom stereocenters. The van der Waals surface area contributed by atoms with Crippen molar-refractivity contribution in [2.24, 2.45) is 5.92 Å². The van der Waals surface area contributed by atoms with E-state index in [2.05, 4.69) is 0 Å². The molecule has 1 aromatic rings. The van der Waals surface area contributed by atoms with Crippen LogP contribution in [0, 0.1) is 11.7 Å². The molecule has 0 radical (unpaired) electrons. The number of hydrogen-bond acceptors (Lipinski definition) is 3. The maximum atomic E-state index is 12.9. The third kappa shape index (κ3) is 3.64. The summed E-state index contributed by atoms with van der Waals surface area (Å²) in [6.07, 6.45) is 0.596. The molecule has 2 rings (SSSR count). The fourth-order valence-corrected chi connectivity index (χ4v) is 3.94. The van der Waals surface area contributed by atoms with Crippen molar-refractivity contribution in [2.75, 3.05) is 26.2 Å². The van der Waals surface area contributed by atoms with Gasteiger partial charge in [0.1, 0.15) is 5.82 Å². The van der Waals surface area contributed by atoms with Crippen LogP contribution >= 0.6 is 0 Å². The van der Waals surface area contributed by atoms with Gasteiger partial charge in [0.05, 0.1) is 4.90 Å². The first-order valence-corrected chi connectivity index (χ1v) is 8.81. The molecule has 0 bridgehead atoms. The summed E-state index contributed by atoms with van der Waals surface area (Å²) in [5.74, 6) is -0.523. The largest absolute Gasteiger partial charge is 0.341 e. The molecule has 0 aromatic heterocycles. The first kappa shape index (κ1) is 16.9. The van der Waals surface area contributed by atoms with E-state index < -0.39 is 15.8 Å².